The monoisotopic (exact) mass is 384 g/mol. The van der Waals surface area contributed by atoms with Gasteiger partial charge in [-0.3, -0.25) is 0 Å². The molecular formula is C20H16O8. The van der Waals surface area contributed by atoms with E-state index < -0.39 is 34.9 Å². The van der Waals surface area contributed by atoms with E-state index in [1.165, 1.54) is 24.3 Å². The van der Waals surface area contributed by atoms with Crippen LogP contribution in [0.5, 0.6) is 23.0 Å². The molecule has 0 radical (unpaired) electrons. The van der Waals surface area contributed by atoms with E-state index in [-0.39, 0.29) is 39.6 Å². The van der Waals surface area contributed by atoms with Crippen molar-refractivity contribution in [3.05, 3.63) is 47.5 Å². The molecule has 0 unspecified atom stereocenters. The van der Waals surface area contributed by atoms with Crippen molar-refractivity contribution in [2.75, 3.05) is 6.61 Å². The van der Waals surface area contributed by atoms with E-state index in [4.69, 9.17) is 4.74 Å². The van der Waals surface area contributed by atoms with E-state index in [1.807, 2.05) is 0 Å². The van der Waals surface area contributed by atoms with Crippen molar-refractivity contribution in [2.24, 2.45) is 0 Å². The molecule has 0 aliphatic carbocycles. The smallest absolute Gasteiger partial charge is 0.339 e. The van der Waals surface area contributed by atoms with Crippen molar-refractivity contribution in [2.45, 2.75) is 6.92 Å². The fourth-order valence-electron chi connectivity index (χ4n) is 2.99. The fraction of sp³-hybridized carbons (Fsp3) is 0.100. The van der Waals surface area contributed by atoms with E-state index in [1.54, 1.807) is 6.92 Å². The Balaban J connectivity index is 2.52. The van der Waals surface area contributed by atoms with Crippen LogP contribution in [0.1, 0.15) is 27.6 Å². The topological polar surface area (TPSA) is 145 Å². The summed E-state index contributed by atoms with van der Waals surface area (Å²) < 4.78 is 5.01. The number of carboxylic acid groups (broad SMARTS) is 1. The molecule has 3 aromatic carbocycles. The summed E-state index contributed by atoms with van der Waals surface area (Å²) in [4.78, 5) is 24.4. The first-order valence-electron chi connectivity index (χ1n) is 8.20. The van der Waals surface area contributed by atoms with Gasteiger partial charge in [0.25, 0.3) is 0 Å². The lowest BCUT2D eigenvalue weighted by molar-refractivity contribution is 0.0515. The molecule has 3 rings (SSSR count). The van der Waals surface area contributed by atoms with Crippen molar-refractivity contribution in [1.29, 1.82) is 0 Å². The first-order valence-corrected chi connectivity index (χ1v) is 8.20. The van der Waals surface area contributed by atoms with Crippen LogP contribution in [0, 0.1) is 0 Å². The second-order valence-electron chi connectivity index (χ2n) is 5.97. The number of esters is 1. The molecule has 0 spiro atoms. The minimum Gasteiger partial charge on any atom is -0.504 e. The number of fused-ring (bicyclic) bond motifs is 1. The lowest BCUT2D eigenvalue weighted by Crippen LogP contribution is -2.14. The van der Waals surface area contributed by atoms with E-state index in [0.717, 1.165) is 12.1 Å². The fourth-order valence-corrected chi connectivity index (χ4v) is 2.99. The number of aromatic hydroxyl groups is 4. The third kappa shape index (κ3) is 3.11. The summed E-state index contributed by atoms with van der Waals surface area (Å²) >= 11 is 0. The van der Waals surface area contributed by atoms with Gasteiger partial charge in [-0.15, -0.1) is 0 Å². The Morgan fingerprint density at radius 2 is 1.54 bits per heavy atom. The van der Waals surface area contributed by atoms with Gasteiger partial charge in [0.1, 0.15) is 0 Å². The molecule has 0 bridgehead atoms. The van der Waals surface area contributed by atoms with Gasteiger partial charge >= 0.3 is 11.9 Å². The van der Waals surface area contributed by atoms with Crippen LogP contribution in [0.3, 0.4) is 0 Å². The molecule has 0 aromatic heterocycles. The number of carbonyl (C=O) groups excluding carboxylic acids is 1. The number of carbonyl (C=O) groups is 2. The van der Waals surface area contributed by atoms with Crippen LogP contribution < -0.4 is 0 Å². The molecule has 28 heavy (non-hydrogen) atoms. The van der Waals surface area contributed by atoms with Crippen LogP contribution in [0.15, 0.2) is 36.4 Å². The maximum Gasteiger partial charge on any atom is 0.339 e. The Bertz CT molecular complexity index is 1120. The third-order valence-electron chi connectivity index (χ3n) is 4.21. The SMILES string of the molecule is CCOC(=O)c1c(C(=O)O)cc2cc(O)c(O)cc2c1-c1ccc(O)c(O)c1. The molecule has 0 amide bonds. The van der Waals surface area contributed by atoms with Gasteiger partial charge in [-0.05, 0) is 53.6 Å². The van der Waals surface area contributed by atoms with Gasteiger partial charge < -0.3 is 30.3 Å². The highest BCUT2D eigenvalue weighted by molar-refractivity contribution is 6.15. The lowest BCUT2D eigenvalue weighted by atomic mass is 9.89. The van der Waals surface area contributed by atoms with Crippen molar-refractivity contribution < 1.29 is 39.9 Å². The van der Waals surface area contributed by atoms with E-state index in [2.05, 4.69) is 0 Å². The zero-order valence-electron chi connectivity index (χ0n) is 14.6. The molecule has 8 nitrogen and oxygen atoms in total. The lowest BCUT2D eigenvalue weighted by Gasteiger charge is -2.16. The van der Waals surface area contributed by atoms with Crippen LogP contribution in [-0.4, -0.2) is 44.1 Å². The molecule has 8 heteroatoms. The van der Waals surface area contributed by atoms with Gasteiger partial charge in [-0.25, -0.2) is 9.59 Å². The number of carboxylic acids is 1. The average Bonchev–Trinajstić information content (AvgIpc) is 2.63. The van der Waals surface area contributed by atoms with Gasteiger partial charge in [0, 0.05) is 5.56 Å². The van der Waals surface area contributed by atoms with Crippen molar-refractivity contribution in [1.82, 2.24) is 0 Å². The largest absolute Gasteiger partial charge is 0.504 e. The highest BCUT2D eigenvalue weighted by Gasteiger charge is 2.26. The van der Waals surface area contributed by atoms with E-state index in [9.17, 15) is 35.1 Å². The summed E-state index contributed by atoms with van der Waals surface area (Å²) in [6, 6.07) is 7.24. The summed E-state index contributed by atoms with van der Waals surface area (Å²) in [7, 11) is 0. The predicted octanol–water partition coefficient (Wildman–Crippen LogP) is 3.20. The first kappa shape index (κ1) is 18.8. The Kier molecular flexibility index (Phi) is 4.70. The normalized spacial score (nSPS) is 10.8. The van der Waals surface area contributed by atoms with Gasteiger partial charge in [0.2, 0.25) is 0 Å². The zero-order valence-corrected chi connectivity index (χ0v) is 14.6. The molecule has 0 fully saturated rings. The Labute approximate surface area is 158 Å². The van der Waals surface area contributed by atoms with Crippen LogP contribution in [0.25, 0.3) is 21.9 Å². The summed E-state index contributed by atoms with van der Waals surface area (Å²) in [6.07, 6.45) is 0. The van der Waals surface area contributed by atoms with Gasteiger partial charge in [-0.1, -0.05) is 6.07 Å². The molecular weight excluding hydrogens is 368 g/mol. The van der Waals surface area contributed by atoms with Crippen molar-refractivity contribution in [3.8, 4) is 34.1 Å². The molecule has 0 heterocycles. The van der Waals surface area contributed by atoms with Crippen LogP contribution >= 0.6 is 0 Å². The standard InChI is InChI=1S/C20H16O8/c1-2-28-20(27)18-12(19(25)26)5-10-7-15(23)16(24)8-11(10)17(18)9-3-4-13(21)14(22)6-9/h3-8,21-24H,2H2,1H3,(H,25,26). The molecule has 0 saturated carbocycles. The number of aromatic carboxylic acids is 1. The maximum absolute atomic E-state index is 12.6. The highest BCUT2D eigenvalue weighted by atomic mass is 16.5. The average molecular weight is 384 g/mol. The molecule has 0 aliphatic rings. The van der Waals surface area contributed by atoms with Crippen LogP contribution in [-0.2, 0) is 4.74 Å². The summed E-state index contributed by atoms with van der Waals surface area (Å²) in [5, 5.41) is 49.3. The molecule has 3 aromatic rings. The number of benzene rings is 3. The second-order valence-corrected chi connectivity index (χ2v) is 5.97. The summed E-state index contributed by atoms with van der Waals surface area (Å²) in [6.45, 7) is 1.56. The Morgan fingerprint density at radius 3 is 2.14 bits per heavy atom. The minimum absolute atomic E-state index is 0.00295. The van der Waals surface area contributed by atoms with Crippen LogP contribution in [0.4, 0.5) is 0 Å². The third-order valence-corrected chi connectivity index (χ3v) is 4.21. The Hall–Kier alpha value is -3.94. The zero-order chi connectivity index (χ0) is 20.6. The van der Waals surface area contributed by atoms with Gasteiger partial charge in [0.05, 0.1) is 17.7 Å². The van der Waals surface area contributed by atoms with Crippen molar-refractivity contribution in [3.63, 3.8) is 0 Å². The maximum atomic E-state index is 12.6. The number of hydrogen-bond acceptors (Lipinski definition) is 7. The molecule has 0 saturated heterocycles. The van der Waals surface area contributed by atoms with E-state index in [0.29, 0.717) is 0 Å². The highest BCUT2D eigenvalue weighted by Crippen LogP contribution is 2.41. The van der Waals surface area contributed by atoms with Crippen LogP contribution in [0.2, 0.25) is 0 Å². The summed E-state index contributed by atoms with van der Waals surface area (Å²) in [5.41, 5.74) is -0.383. The minimum atomic E-state index is -1.40. The number of phenols is 4. The Morgan fingerprint density at radius 1 is 0.893 bits per heavy atom. The number of phenolic OH excluding ortho intramolecular Hbond substituents is 4. The molecule has 5 N–H and O–H groups in total. The molecule has 0 aliphatic heterocycles. The predicted molar refractivity (Wildman–Crippen MR) is 99.0 cm³/mol. The van der Waals surface area contributed by atoms with E-state index >= 15 is 0 Å². The van der Waals surface area contributed by atoms with Gasteiger partial charge in [-0.2, -0.15) is 0 Å². The first-order chi connectivity index (χ1) is 13.2. The molecule has 144 valence electrons. The molecule has 0 atom stereocenters. The van der Waals surface area contributed by atoms with Gasteiger partial charge in [0.15, 0.2) is 23.0 Å². The quantitative estimate of drug-likeness (QED) is 0.341. The van der Waals surface area contributed by atoms with Crippen molar-refractivity contribution >= 4 is 22.7 Å². The number of rotatable bonds is 4. The summed E-state index contributed by atoms with van der Waals surface area (Å²) in [5.74, 6) is -4.13. The number of ether oxygens (including phenoxy) is 1. The second kappa shape index (κ2) is 6.99. The number of hydrogen-bond donors (Lipinski definition) is 5.